The summed E-state index contributed by atoms with van der Waals surface area (Å²) in [5.41, 5.74) is -0.528. The number of rotatable bonds is 4. The molecular weight excluding hydrogens is 284 g/mol. The summed E-state index contributed by atoms with van der Waals surface area (Å²) in [6, 6.07) is 6.93. The first-order valence-corrected chi connectivity index (χ1v) is 6.09. The van der Waals surface area contributed by atoms with Gasteiger partial charge in [-0.15, -0.1) is 0 Å². The fourth-order valence-electron chi connectivity index (χ4n) is 1.38. The van der Waals surface area contributed by atoms with Gasteiger partial charge in [0.1, 0.15) is 0 Å². The van der Waals surface area contributed by atoms with Crippen molar-refractivity contribution in [1.29, 1.82) is 0 Å². The molecule has 17 heavy (non-hydrogen) atoms. The number of carbonyl (C=O) groups excluding carboxylic acids is 1. The number of carboxylic acids is 1. The summed E-state index contributed by atoms with van der Waals surface area (Å²) >= 11 is 3.29. The van der Waals surface area contributed by atoms with E-state index in [1.807, 2.05) is 0 Å². The Morgan fingerprint density at radius 3 is 2.12 bits per heavy atom. The summed E-state index contributed by atoms with van der Waals surface area (Å²) in [4.78, 5) is 23.2. The molecule has 0 aromatic heterocycles. The van der Waals surface area contributed by atoms with Crippen molar-refractivity contribution in [2.45, 2.75) is 20.8 Å². The van der Waals surface area contributed by atoms with Gasteiger partial charge in [0.25, 0.3) is 0 Å². The predicted octanol–water partition coefficient (Wildman–Crippen LogP) is 3.38. The monoisotopic (exact) mass is 298 g/mol. The van der Waals surface area contributed by atoms with E-state index in [1.165, 1.54) is 0 Å². The van der Waals surface area contributed by atoms with Gasteiger partial charge in [-0.3, -0.25) is 9.59 Å². The number of carboxylic acid groups (broad SMARTS) is 1. The average Bonchev–Trinajstić information content (AvgIpc) is 2.27. The molecule has 0 saturated heterocycles. The van der Waals surface area contributed by atoms with Gasteiger partial charge in [-0.05, 0) is 26.0 Å². The lowest BCUT2D eigenvalue weighted by atomic mass is 9.76. The molecule has 0 aliphatic heterocycles. The minimum atomic E-state index is -1.07. The van der Waals surface area contributed by atoms with Crippen molar-refractivity contribution in [2.75, 3.05) is 0 Å². The molecule has 0 spiro atoms. The van der Waals surface area contributed by atoms with Gasteiger partial charge in [0.05, 0.1) is 5.41 Å². The molecule has 1 rings (SSSR count). The van der Waals surface area contributed by atoms with E-state index in [4.69, 9.17) is 5.11 Å². The molecule has 1 atom stereocenters. The lowest BCUT2D eigenvalue weighted by Crippen LogP contribution is -2.36. The number of hydrogen-bond acceptors (Lipinski definition) is 2. The summed E-state index contributed by atoms with van der Waals surface area (Å²) in [5.74, 6) is -1.68. The first-order chi connectivity index (χ1) is 7.76. The maximum absolute atomic E-state index is 12.1. The number of aliphatic carboxylic acids is 1. The summed E-state index contributed by atoms with van der Waals surface area (Å²) in [5, 5.41) is 9.09. The van der Waals surface area contributed by atoms with Crippen LogP contribution in [0.2, 0.25) is 0 Å². The highest BCUT2D eigenvalue weighted by atomic mass is 79.9. The van der Waals surface area contributed by atoms with Crippen molar-refractivity contribution < 1.29 is 14.7 Å². The van der Waals surface area contributed by atoms with Gasteiger partial charge < -0.3 is 5.11 Å². The first-order valence-electron chi connectivity index (χ1n) is 5.30. The molecule has 0 aliphatic carbocycles. The number of hydrogen-bond donors (Lipinski definition) is 1. The van der Waals surface area contributed by atoms with Gasteiger partial charge in [0, 0.05) is 16.0 Å². The molecule has 3 nitrogen and oxygen atoms in total. The van der Waals surface area contributed by atoms with Crippen molar-refractivity contribution in [1.82, 2.24) is 0 Å². The SMILES string of the molecule is CC(C(=O)c1ccc(Br)cc1)C(C)(C)C(=O)O. The van der Waals surface area contributed by atoms with Gasteiger partial charge in [-0.2, -0.15) is 0 Å². The Labute approximate surface area is 109 Å². The van der Waals surface area contributed by atoms with E-state index in [0.717, 1.165) is 4.47 Å². The van der Waals surface area contributed by atoms with E-state index in [-0.39, 0.29) is 5.78 Å². The number of ketones is 1. The molecule has 0 aliphatic rings. The second kappa shape index (κ2) is 5.00. The van der Waals surface area contributed by atoms with Crippen molar-refractivity contribution in [3.05, 3.63) is 34.3 Å². The second-order valence-corrected chi connectivity index (χ2v) is 5.54. The topological polar surface area (TPSA) is 54.4 Å². The van der Waals surface area contributed by atoms with Gasteiger partial charge in [0.15, 0.2) is 5.78 Å². The van der Waals surface area contributed by atoms with Gasteiger partial charge in [-0.1, -0.05) is 35.0 Å². The number of halogens is 1. The maximum Gasteiger partial charge on any atom is 0.309 e. The lowest BCUT2D eigenvalue weighted by Gasteiger charge is -2.25. The summed E-state index contributed by atoms with van der Waals surface area (Å²) in [7, 11) is 0. The molecule has 1 aromatic rings. The lowest BCUT2D eigenvalue weighted by molar-refractivity contribution is -0.148. The molecule has 0 heterocycles. The van der Waals surface area contributed by atoms with Crippen molar-refractivity contribution in [3.8, 4) is 0 Å². The van der Waals surface area contributed by atoms with Crippen LogP contribution in [0.15, 0.2) is 28.7 Å². The Balaban J connectivity index is 2.98. The minimum absolute atomic E-state index is 0.148. The third-order valence-corrected chi connectivity index (χ3v) is 3.68. The highest BCUT2D eigenvalue weighted by Crippen LogP contribution is 2.30. The van der Waals surface area contributed by atoms with Gasteiger partial charge >= 0.3 is 5.97 Å². The van der Waals surface area contributed by atoms with Crippen LogP contribution in [0.5, 0.6) is 0 Å². The van der Waals surface area contributed by atoms with Crippen LogP contribution < -0.4 is 0 Å². The summed E-state index contributed by atoms with van der Waals surface area (Å²) < 4.78 is 0.888. The summed E-state index contributed by atoms with van der Waals surface area (Å²) in [6.45, 7) is 4.78. The Hall–Kier alpha value is -1.16. The van der Waals surface area contributed by atoms with Crippen LogP contribution in [-0.2, 0) is 4.79 Å². The molecule has 0 saturated carbocycles. The van der Waals surface area contributed by atoms with Crippen molar-refractivity contribution in [3.63, 3.8) is 0 Å². The van der Waals surface area contributed by atoms with E-state index in [0.29, 0.717) is 5.56 Å². The Morgan fingerprint density at radius 2 is 1.71 bits per heavy atom. The molecule has 0 radical (unpaired) electrons. The van der Waals surface area contributed by atoms with E-state index in [2.05, 4.69) is 15.9 Å². The van der Waals surface area contributed by atoms with Crippen LogP contribution >= 0.6 is 15.9 Å². The largest absolute Gasteiger partial charge is 0.481 e. The standard InChI is InChI=1S/C13H15BrO3/c1-8(13(2,3)12(16)17)11(15)9-4-6-10(14)7-5-9/h4-8H,1-3H3,(H,16,17). The number of Topliss-reactive ketones (excluding diaryl/α,β-unsaturated/α-hetero) is 1. The zero-order chi connectivity index (χ0) is 13.2. The molecule has 1 unspecified atom stereocenters. The molecule has 1 aromatic carbocycles. The van der Waals surface area contributed by atoms with E-state index >= 15 is 0 Å². The second-order valence-electron chi connectivity index (χ2n) is 4.62. The molecule has 0 bridgehead atoms. The van der Waals surface area contributed by atoms with Crippen LogP contribution in [0.1, 0.15) is 31.1 Å². The Bertz CT molecular complexity index is 434. The average molecular weight is 299 g/mol. The molecule has 0 fully saturated rings. The normalized spacial score (nSPS) is 13.2. The zero-order valence-corrected chi connectivity index (χ0v) is 11.6. The molecule has 0 amide bonds. The van der Waals surface area contributed by atoms with Crippen molar-refractivity contribution in [2.24, 2.45) is 11.3 Å². The molecule has 4 heteroatoms. The fraction of sp³-hybridized carbons (Fsp3) is 0.385. The van der Waals surface area contributed by atoms with Crippen LogP contribution in [0.3, 0.4) is 0 Å². The molecular formula is C13H15BrO3. The van der Waals surface area contributed by atoms with E-state index < -0.39 is 17.3 Å². The van der Waals surface area contributed by atoms with Crippen LogP contribution in [0.4, 0.5) is 0 Å². The summed E-state index contributed by atoms with van der Waals surface area (Å²) in [6.07, 6.45) is 0. The first kappa shape index (κ1) is 13.9. The maximum atomic E-state index is 12.1. The Morgan fingerprint density at radius 1 is 1.24 bits per heavy atom. The third kappa shape index (κ3) is 2.94. The highest BCUT2D eigenvalue weighted by molar-refractivity contribution is 9.10. The minimum Gasteiger partial charge on any atom is -0.481 e. The number of carbonyl (C=O) groups is 2. The van der Waals surface area contributed by atoms with Crippen LogP contribution in [0.25, 0.3) is 0 Å². The molecule has 92 valence electrons. The molecule has 1 N–H and O–H groups in total. The quantitative estimate of drug-likeness (QED) is 0.867. The highest BCUT2D eigenvalue weighted by Gasteiger charge is 2.38. The number of benzene rings is 1. The van der Waals surface area contributed by atoms with E-state index in [9.17, 15) is 9.59 Å². The van der Waals surface area contributed by atoms with Crippen LogP contribution in [0, 0.1) is 11.3 Å². The zero-order valence-electron chi connectivity index (χ0n) is 10.0. The van der Waals surface area contributed by atoms with Gasteiger partial charge in [0.2, 0.25) is 0 Å². The van der Waals surface area contributed by atoms with Crippen molar-refractivity contribution >= 4 is 27.7 Å². The third-order valence-electron chi connectivity index (χ3n) is 3.16. The fourth-order valence-corrected chi connectivity index (χ4v) is 1.64. The van der Waals surface area contributed by atoms with Gasteiger partial charge in [-0.25, -0.2) is 0 Å². The van der Waals surface area contributed by atoms with E-state index in [1.54, 1.807) is 45.0 Å². The van der Waals surface area contributed by atoms with Crippen LogP contribution in [-0.4, -0.2) is 16.9 Å². The Kier molecular flexibility index (Phi) is 4.09. The smallest absolute Gasteiger partial charge is 0.309 e. The predicted molar refractivity (Wildman–Crippen MR) is 69.1 cm³/mol.